The van der Waals surface area contributed by atoms with E-state index in [0.29, 0.717) is 11.6 Å². The number of halogens is 1. The molecule has 0 spiro atoms. The van der Waals surface area contributed by atoms with E-state index >= 15 is 0 Å². The molecule has 2 rings (SSSR count). The molecule has 0 saturated carbocycles. The van der Waals surface area contributed by atoms with Crippen molar-refractivity contribution < 1.29 is 0 Å². The average molecular weight is 196 g/mol. The Hall–Kier alpha value is -1.49. The molecule has 0 bridgehead atoms. The third-order valence-corrected chi connectivity index (χ3v) is 1.63. The number of aromatic nitrogens is 5. The van der Waals surface area contributed by atoms with E-state index in [0.717, 1.165) is 0 Å². The molecule has 0 aliphatic rings. The quantitative estimate of drug-likeness (QED) is 0.638. The molecule has 0 fully saturated rings. The van der Waals surface area contributed by atoms with E-state index < -0.39 is 0 Å². The van der Waals surface area contributed by atoms with Crippen LogP contribution < -0.4 is 0 Å². The molecule has 2 aromatic heterocycles. The van der Waals surface area contributed by atoms with Crippen LogP contribution in [0.4, 0.5) is 0 Å². The lowest BCUT2D eigenvalue weighted by molar-refractivity contribution is 0.826. The van der Waals surface area contributed by atoms with Gasteiger partial charge in [0.25, 0.3) is 0 Å². The third-order valence-electron chi connectivity index (χ3n) is 1.45. The monoisotopic (exact) mass is 195 g/mol. The number of nitrogens with zero attached hydrogens (tertiary/aromatic N) is 5. The van der Waals surface area contributed by atoms with Gasteiger partial charge in [0.1, 0.15) is 12.2 Å². The predicted molar refractivity (Wildman–Crippen MR) is 46.7 cm³/mol. The fraction of sp³-hybridized carbons (Fsp3) is 0.143. The van der Waals surface area contributed by atoms with E-state index in [1.807, 2.05) is 0 Å². The van der Waals surface area contributed by atoms with Crippen LogP contribution in [0, 0.1) is 6.92 Å². The zero-order valence-corrected chi connectivity index (χ0v) is 7.60. The first-order valence-corrected chi connectivity index (χ1v) is 4.01. The van der Waals surface area contributed by atoms with Crippen molar-refractivity contribution >= 4 is 11.6 Å². The van der Waals surface area contributed by atoms with Crippen LogP contribution in [0.3, 0.4) is 0 Å². The highest BCUT2D eigenvalue weighted by molar-refractivity contribution is 6.28. The summed E-state index contributed by atoms with van der Waals surface area (Å²) >= 11 is 5.62. The highest BCUT2D eigenvalue weighted by Gasteiger charge is 2.00. The van der Waals surface area contributed by atoms with Gasteiger partial charge in [-0.15, -0.1) is 0 Å². The number of rotatable bonds is 1. The maximum Gasteiger partial charge on any atom is 0.224 e. The van der Waals surface area contributed by atoms with Crippen molar-refractivity contribution in [3.8, 4) is 5.82 Å². The van der Waals surface area contributed by atoms with Crippen LogP contribution in [0.25, 0.3) is 5.82 Å². The lowest BCUT2D eigenvalue weighted by Gasteiger charge is -1.97. The molecule has 66 valence electrons. The summed E-state index contributed by atoms with van der Waals surface area (Å²) in [4.78, 5) is 11.7. The summed E-state index contributed by atoms with van der Waals surface area (Å²) in [7, 11) is 0. The molecule has 5 nitrogen and oxygen atoms in total. The van der Waals surface area contributed by atoms with Crippen molar-refractivity contribution in [2.45, 2.75) is 6.92 Å². The molecule has 0 unspecified atom stereocenters. The van der Waals surface area contributed by atoms with Gasteiger partial charge in [-0.1, -0.05) is 0 Å². The summed E-state index contributed by atoms with van der Waals surface area (Å²) in [6.45, 7) is 1.80. The summed E-state index contributed by atoms with van der Waals surface area (Å²) in [6.07, 6.45) is 3.15. The van der Waals surface area contributed by atoms with Gasteiger partial charge in [0.05, 0.1) is 0 Å². The topological polar surface area (TPSA) is 56.5 Å². The van der Waals surface area contributed by atoms with Crippen LogP contribution in [-0.4, -0.2) is 24.7 Å². The maximum atomic E-state index is 5.62. The van der Waals surface area contributed by atoms with Crippen LogP contribution in [-0.2, 0) is 0 Å². The van der Waals surface area contributed by atoms with Crippen molar-refractivity contribution in [3.63, 3.8) is 0 Å². The Bertz CT molecular complexity index is 424. The van der Waals surface area contributed by atoms with Gasteiger partial charge in [-0.05, 0) is 18.5 Å². The molecule has 6 heteroatoms. The first-order chi connectivity index (χ1) is 6.25. The fourth-order valence-electron chi connectivity index (χ4n) is 0.910. The van der Waals surface area contributed by atoms with Crippen molar-refractivity contribution in [1.29, 1.82) is 0 Å². The van der Waals surface area contributed by atoms with Crippen LogP contribution in [0.15, 0.2) is 18.6 Å². The highest BCUT2D eigenvalue weighted by atomic mass is 35.5. The molecule has 2 heterocycles. The zero-order valence-electron chi connectivity index (χ0n) is 6.85. The second kappa shape index (κ2) is 3.10. The first-order valence-electron chi connectivity index (χ1n) is 3.63. The van der Waals surface area contributed by atoms with Gasteiger partial charge < -0.3 is 0 Å². The average Bonchev–Trinajstić information content (AvgIpc) is 2.52. The van der Waals surface area contributed by atoms with Gasteiger partial charge >= 0.3 is 0 Å². The van der Waals surface area contributed by atoms with Gasteiger partial charge in [-0.3, -0.25) is 0 Å². The minimum atomic E-state index is 0.200. The Morgan fingerprint density at radius 2 is 2.23 bits per heavy atom. The number of aryl methyl sites for hydroxylation is 1. The van der Waals surface area contributed by atoms with Crippen LogP contribution >= 0.6 is 11.6 Å². The van der Waals surface area contributed by atoms with E-state index in [4.69, 9.17) is 11.6 Å². The van der Waals surface area contributed by atoms with Crippen LogP contribution in [0.1, 0.15) is 5.82 Å². The molecule has 13 heavy (non-hydrogen) atoms. The van der Waals surface area contributed by atoms with Gasteiger partial charge in [-0.2, -0.15) is 10.1 Å². The lowest BCUT2D eigenvalue weighted by Crippen LogP contribution is -1.98. The largest absolute Gasteiger partial charge is 0.226 e. The van der Waals surface area contributed by atoms with E-state index in [1.165, 1.54) is 0 Å². The van der Waals surface area contributed by atoms with E-state index in [9.17, 15) is 0 Å². The molecule has 0 aliphatic heterocycles. The zero-order chi connectivity index (χ0) is 9.26. The summed E-state index contributed by atoms with van der Waals surface area (Å²) in [6, 6.07) is 1.71. The van der Waals surface area contributed by atoms with Crippen molar-refractivity contribution in [3.05, 3.63) is 29.7 Å². The summed E-state index contributed by atoms with van der Waals surface area (Å²) < 4.78 is 1.54. The predicted octanol–water partition coefficient (Wildman–Crippen LogP) is 1.02. The molecule has 0 atom stereocenters. The van der Waals surface area contributed by atoms with E-state index in [-0.39, 0.29) is 5.28 Å². The molecule has 0 N–H and O–H groups in total. The van der Waals surface area contributed by atoms with Gasteiger partial charge in [0.2, 0.25) is 5.28 Å². The number of hydrogen-bond donors (Lipinski definition) is 0. The van der Waals surface area contributed by atoms with Gasteiger partial charge in [-0.25, -0.2) is 14.6 Å². The molecular weight excluding hydrogens is 190 g/mol. The highest BCUT2D eigenvalue weighted by Crippen LogP contribution is 2.04. The fourth-order valence-corrected chi connectivity index (χ4v) is 1.05. The smallest absolute Gasteiger partial charge is 0.224 e. The summed E-state index contributed by atoms with van der Waals surface area (Å²) in [5.41, 5.74) is 0. The standard InChI is InChI=1S/C7H6ClN5/c1-5-10-4-13(12-5)6-2-3-9-7(8)11-6/h2-4H,1H3. The number of hydrogen-bond acceptors (Lipinski definition) is 4. The summed E-state index contributed by atoms with van der Waals surface area (Å²) in [5.74, 6) is 1.30. The molecule has 0 aliphatic carbocycles. The minimum absolute atomic E-state index is 0.200. The Morgan fingerprint density at radius 1 is 1.38 bits per heavy atom. The van der Waals surface area contributed by atoms with Crippen LogP contribution in [0.5, 0.6) is 0 Å². The summed E-state index contributed by atoms with van der Waals surface area (Å²) in [5, 5.41) is 4.28. The van der Waals surface area contributed by atoms with Crippen molar-refractivity contribution in [1.82, 2.24) is 24.7 Å². The van der Waals surface area contributed by atoms with E-state index in [1.54, 1.807) is 30.2 Å². The normalized spacial score (nSPS) is 10.3. The minimum Gasteiger partial charge on any atom is -0.226 e. The molecule has 0 amide bonds. The molecule has 0 aromatic carbocycles. The van der Waals surface area contributed by atoms with Crippen molar-refractivity contribution in [2.75, 3.05) is 0 Å². The van der Waals surface area contributed by atoms with Crippen LogP contribution in [0.2, 0.25) is 5.28 Å². The molecule has 0 saturated heterocycles. The Labute approximate surface area is 79.4 Å². The second-order valence-corrected chi connectivity index (χ2v) is 2.76. The van der Waals surface area contributed by atoms with E-state index in [2.05, 4.69) is 20.1 Å². The third kappa shape index (κ3) is 1.65. The molecule has 0 radical (unpaired) electrons. The SMILES string of the molecule is Cc1ncn(-c2ccnc(Cl)n2)n1. The molecular formula is C7H6ClN5. The second-order valence-electron chi connectivity index (χ2n) is 2.42. The van der Waals surface area contributed by atoms with Crippen molar-refractivity contribution in [2.24, 2.45) is 0 Å². The molecule has 2 aromatic rings. The Morgan fingerprint density at radius 3 is 2.85 bits per heavy atom. The van der Waals surface area contributed by atoms with Gasteiger partial charge in [0, 0.05) is 12.3 Å². The first kappa shape index (κ1) is 8.12. The van der Waals surface area contributed by atoms with Gasteiger partial charge in [0.15, 0.2) is 5.82 Å². The Balaban J connectivity index is 2.46. The Kier molecular flexibility index (Phi) is 1.94. The lowest BCUT2D eigenvalue weighted by atomic mass is 10.6. The maximum absolute atomic E-state index is 5.62.